The monoisotopic (exact) mass is 272 g/mol. The van der Waals surface area contributed by atoms with E-state index in [-0.39, 0.29) is 5.84 Å². The number of hydrogen-bond donors (Lipinski definition) is 2. The molecular formula is C14H16N4S. The first kappa shape index (κ1) is 12.2. The second-order valence-corrected chi connectivity index (χ2v) is 5.59. The van der Waals surface area contributed by atoms with Crippen molar-refractivity contribution in [3.8, 4) is 0 Å². The standard InChI is InChI=1S/C14H16N4S/c15-14(16)13-4-3-12(7-17-13)18(11-1-2-11)8-10-5-6-19-9-10/h3-7,9,11H,1-2,8H2,(H3,15,16). The molecule has 0 bridgehead atoms. The third-order valence-corrected chi connectivity index (χ3v) is 4.01. The van der Waals surface area contributed by atoms with Crippen molar-refractivity contribution < 1.29 is 0 Å². The lowest BCUT2D eigenvalue weighted by molar-refractivity contribution is 0.793. The van der Waals surface area contributed by atoms with Crippen LogP contribution in [0.4, 0.5) is 5.69 Å². The minimum atomic E-state index is 0.0161. The smallest absolute Gasteiger partial charge is 0.141 e. The highest BCUT2D eigenvalue weighted by Gasteiger charge is 2.29. The van der Waals surface area contributed by atoms with Crippen molar-refractivity contribution in [2.45, 2.75) is 25.4 Å². The summed E-state index contributed by atoms with van der Waals surface area (Å²) in [4.78, 5) is 6.64. The van der Waals surface area contributed by atoms with Crippen LogP contribution >= 0.6 is 11.3 Å². The number of aromatic nitrogens is 1. The number of nitrogen functional groups attached to an aromatic ring is 1. The first-order valence-electron chi connectivity index (χ1n) is 6.32. The van der Waals surface area contributed by atoms with Gasteiger partial charge in [-0.15, -0.1) is 0 Å². The van der Waals surface area contributed by atoms with Gasteiger partial charge in [0, 0.05) is 12.6 Å². The zero-order valence-corrected chi connectivity index (χ0v) is 11.4. The van der Waals surface area contributed by atoms with Gasteiger partial charge in [-0.2, -0.15) is 11.3 Å². The van der Waals surface area contributed by atoms with E-state index in [1.54, 1.807) is 11.3 Å². The molecule has 2 heterocycles. The van der Waals surface area contributed by atoms with Gasteiger partial charge in [0.25, 0.3) is 0 Å². The maximum Gasteiger partial charge on any atom is 0.141 e. The molecule has 3 N–H and O–H groups in total. The molecule has 19 heavy (non-hydrogen) atoms. The SMILES string of the molecule is N=C(N)c1ccc(N(Cc2ccsc2)C2CC2)cn1. The highest BCUT2D eigenvalue weighted by molar-refractivity contribution is 7.07. The molecule has 4 nitrogen and oxygen atoms in total. The van der Waals surface area contributed by atoms with Crippen molar-refractivity contribution in [2.75, 3.05) is 4.90 Å². The minimum Gasteiger partial charge on any atom is -0.382 e. The van der Waals surface area contributed by atoms with E-state index in [1.165, 1.54) is 18.4 Å². The Labute approximate surface area is 116 Å². The quantitative estimate of drug-likeness (QED) is 0.649. The molecule has 0 saturated heterocycles. The molecule has 0 spiro atoms. The van der Waals surface area contributed by atoms with Gasteiger partial charge in [0.05, 0.1) is 11.9 Å². The number of anilines is 1. The van der Waals surface area contributed by atoms with Crippen LogP contribution in [0.2, 0.25) is 0 Å². The number of pyridine rings is 1. The third kappa shape index (κ3) is 2.76. The molecule has 2 aromatic rings. The number of hydrogen-bond acceptors (Lipinski definition) is 4. The summed E-state index contributed by atoms with van der Waals surface area (Å²) in [6.07, 6.45) is 4.32. The molecule has 1 fully saturated rings. The summed E-state index contributed by atoms with van der Waals surface area (Å²) in [7, 11) is 0. The molecule has 0 unspecified atom stereocenters. The topological polar surface area (TPSA) is 66.0 Å². The van der Waals surface area contributed by atoms with Crippen LogP contribution in [0.5, 0.6) is 0 Å². The van der Waals surface area contributed by atoms with Crippen molar-refractivity contribution in [2.24, 2.45) is 5.73 Å². The molecule has 3 rings (SSSR count). The lowest BCUT2D eigenvalue weighted by Gasteiger charge is -2.24. The fraction of sp³-hybridized carbons (Fsp3) is 0.286. The summed E-state index contributed by atoms with van der Waals surface area (Å²) in [5.74, 6) is 0.0161. The van der Waals surface area contributed by atoms with E-state index in [4.69, 9.17) is 11.1 Å². The Morgan fingerprint density at radius 1 is 1.42 bits per heavy atom. The van der Waals surface area contributed by atoms with E-state index in [0.717, 1.165) is 12.2 Å². The summed E-state index contributed by atoms with van der Waals surface area (Å²) in [5, 5.41) is 11.7. The Hall–Kier alpha value is -1.88. The van der Waals surface area contributed by atoms with Crippen molar-refractivity contribution in [1.82, 2.24) is 4.98 Å². The minimum absolute atomic E-state index is 0.0161. The molecule has 5 heteroatoms. The Kier molecular flexibility index (Phi) is 3.21. The molecular weight excluding hydrogens is 256 g/mol. The molecule has 0 aromatic carbocycles. The first-order chi connectivity index (χ1) is 9.24. The predicted octanol–water partition coefficient (Wildman–Crippen LogP) is 2.60. The predicted molar refractivity (Wildman–Crippen MR) is 78.8 cm³/mol. The second-order valence-electron chi connectivity index (χ2n) is 4.81. The number of nitrogens with one attached hydrogen (secondary N) is 1. The van der Waals surface area contributed by atoms with Crippen LogP contribution in [0.1, 0.15) is 24.1 Å². The molecule has 1 aliphatic rings. The number of nitrogens with zero attached hydrogens (tertiary/aromatic N) is 2. The van der Waals surface area contributed by atoms with Crippen LogP contribution in [-0.4, -0.2) is 16.9 Å². The van der Waals surface area contributed by atoms with Crippen molar-refractivity contribution >= 4 is 22.9 Å². The molecule has 0 atom stereocenters. The van der Waals surface area contributed by atoms with E-state index >= 15 is 0 Å². The van der Waals surface area contributed by atoms with Gasteiger partial charge in [-0.3, -0.25) is 10.4 Å². The normalized spacial score (nSPS) is 14.3. The maximum atomic E-state index is 7.37. The number of amidine groups is 1. The van der Waals surface area contributed by atoms with Gasteiger partial charge in [0.15, 0.2) is 0 Å². The lowest BCUT2D eigenvalue weighted by Crippen LogP contribution is -2.25. The van der Waals surface area contributed by atoms with Gasteiger partial charge in [0.2, 0.25) is 0 Å². The molecule has 2 aromatic heterocycles. The zero-order chi connectivity index (χ0) is 13.2. The van der Waals surface area contributed by atoms with Crippen molar-refractivity contribution in [1.29, 1.82) is 5.41 Å². The Balaban J connectivity index is 1.81. The molecule has 1 saturated carbocycles. The van der Waals surface area contributed by atoms with Gasteiger partial charge >= 0.3 is 0 Å². The number of nitrogens with two attached hydrogens (primary N) is 1. The number of rotatable bonds is 5. The van der Waals surface area contributed by atoms with Crippen molar-refractivity contribution in [3.05, 3.63) is 46.4 Å². The Morgan fingerprint density at radius 3 is 2.79 bits per heavy atom. The van der Waals surface area contributed by atoms with Crippen molar-refractivity contribution in [3.63, 3.8) is 0 Å². The summed E-state index contributed by atoms with van der Waals surface area (Å²) in [6.45, 7) is 0.926. The van der Waals surface area contributed by atoms with Gasteiger partial charge in [-0.1, -0.05) is 0 Å². The van der Waals surface area contributed by atoms with E-state index in [0.29, 0.717) is 11.7 Å². The second kappa shape index (κ2) is 5.01. The Morgan fingerprint density at radius 2 is 2.26 bits per heavy atom. The molecule has 0 amide bonds. The van der Waals surface area contributed by atoms with Crippen LogP contribution in [0.3, 0.4) is 0 Å². The summed E-state index contributed by atoms with van der Waals surface area (Å²) in [6, 6.07) is 6.62. The maximum absolute atomic E-state index is 7.37. The molecule has 0 aliphatic heterocycles. The van der Waals surface area contributed by atoms with E-state index in [9.17, 15) is 0 Å². The van der Waals surface area contributed by atoms with Crippen LogP contribution in [0.15, 0.2) is 35.2 Å². The molecule has 98 valence electrons. The van der Waals surface area contributed by atoms with Crippen LogP contribution in [0.25, 0.3) is 0 Å². The summed E-state index contributed by atoms with van der Waals surface area (Å²) < 4.78 is 0. The average molecular weight is 272 g/mol. The van der Waals surface area contributed by atoms with Crippen LogP contribution in [-0.2, 0) is 6.54 Å². The van der Waals surface area contributed by atoms with Crippen LogP contribution < -0.4 is 10.6 Å². The van der Waals surface area contributed by atoms with Gasteiger partial charge in [-0.05, 0) is 47.4 Å². The average Bonchev–Trinajstić information content (AvgIpc) is 3.13. The van der Waals surface area contributed by atoms with Gasteiger partial charge < -0.3 is 10.6 Å². The fourth-order valence-corrected chi connectivity index (χ4v) is 2.77. The molecule has 1 aliphatic carbocycles. The van der Waals surface area contributed by atoms with Gasteiger partial charge in [-0.25, -0.2) is 0 Å². The highest BCUT2D eigenvalue weighted by atomic mass is 32.1. The van der Waals surface area contributed by atoms with E-state index in [2.05, 4.69) is 26.7 Å². The molecule has 0 radical (unpaired) electrons. The lowest BCUT2D eigenvalue weighted by atomic mass is 10.2. The highest BCUT2D eigenvalue weighted by Crippen LogP contribution is 2.33. The zero-order valence-electron chi connectivity index (χ0n) is 10.5. The fourth-order valence-electron chi connectivity index (χ4n) is 2.11. The largest absolute Gasteiger partial charge is 0.382 e. The number of thiophene rings is 1. The van der Waals surface area contributed by atoms with Gasteiger partial charge in [0.1, 0.15) is 11.5 Å². The Bertz CT molecular complexity index is 558. The van der Waals surface area contributed by atoms with E-state index in [1.807, 2.05) is 18.3 Å². The van der Waals surface area contributed by atoms with Crippen LogP contribution in [0, 0.1) is 5.41 Å². The first-order valence-corrected chi connectivity index (χ1v) is 7.26. The van der Waals surface area contributed by atoms with E-state index < -0.39 is 0 Å². The summed E-state index contributed by atoms with van der Waals surface area (Å²) in [5.41, 5.74) is 8.42. The third-order valence-electron chi connectivity index (χ3n) is 3.28. The summed E-state index contributed by atoms with van der Waals surface area (Å²) >= 11 is 1.73.